The molecule has 0 fully saturated rings. The van der Waals surface area contributed by atoms with Gasteiger partial charge < -0.3 is 5.73 Å². The summed E-state index contributed by atoms with van der Waals surface area (Å²) in [5.74, 6) is 0.521. The van der Waals surface area contributed by atoms with Gasteiger partial charge in [-0.2, -0.15) is 0 Å². The predicted molar refractivity (Wildman–Crippen MR) is 75.6 cm³/mol. The first-order valence-corrected chi connectivity index (χ1v) is 7.25. The van der Waals surface area contributed by atoms with Gasteiger partial charge >= 0.3 is 0 Å². The summed E-state index contributed by atoms with van der Waals surface area (Å²) in [6, 6.07) is 6.09. The smallest absolute Gasteiger partial charge is 0.0433 e. The molecule has 1 rings (SSSR count). The van der Waals surface area contributed by atoms with Gasteiger partial charge in [0.25, 0.3) is 0 Å². The van der Waals surface area contributed by atoms with Crippen molar-refractivity contribution >= 4 is 10.8 Å². The van der Waals surface area contributed by atoms with E-state index in [1.54, 1.807) is 0 Å². The summed E-state index contributed by atoms with van der Waals surface area (Å²) < 4.78 is 11.9. The van der Waals surface area contributed by atoms with Gasteiger partial charge in [-0.05, 0) is 45.7 Å². The summed E-state index contributed by atoms with van der Waals surface area (Å²) in [5, 5.41) is 0. The lowest BCUT2D eigenvalue weighted by atomic mass is 10.0. The zero-order valence-electron chi connectivity index (χ0n) is 11.4. The Morgan fingerprint density at radius 3 is 2.35 bits per heavy atom. The van der Waals surface area contributed by atoms with Gasteiger partial charge in [-0.25, -0.2) is 0 Å². The molecule has 1 aromatic rings. The monoisotopic (exact) mass is 253 g/mol. The molecule has 17 heavy (non-hydrogen) atoms. The average molecular weight is 253 g/mol. The fourth-order valence-electron chi connectivity index (χ4n) is 1.74. The van der Waals surface area contributed by atoms with E-state index in [1.165, 1.54) is 11.1 Å². The Morgan fingerprint density at radius 1 is 1.29 bits per heavy atom. The van der Waals surface area contributed by atoms with E-state index in [9.17, 15) is 4.21 Å². The van der Waals surface area contributed by atoms with Gasteiger partial charge in [0.2, 0.25) is 0 Å². The van der Waals surface area contributed by atoms with Crippen LogP contribution in [0.4, 0.5) is 0 Å². The first kappa shape index (κ1) is 14.4. The van der Waals surface area contributed by atoms with Gasteiger partial charge in [0.05, 0.1) is 0 Å². The molecule has 0 spiro atoms. The van der Waals surface area contributed by atoms with Crippen molar-refractivity contribution in [3.8, 4) is 0 Å². The Hall–Kier alpha value is -0.670. The fourth-order valence-corrected chi connectivity index (χ4v) is 2.75. The van der Waals surface area contributed by atoms with E-state index in [-0.39, 0.29) is 10.8 Å². The zero-order chi connectivity index (χ0) is 13.2. The van der Waals surface area contributed by atoms with Gasteiger partial charge in [-0.3, -0.25) is 4.21 Å². The second-order valence-corrected chi connectivity index (χ2v) is 7.84. The molecule has 2 nitrogen and oxygen atoms in total. The molecule has 0 bridgehead atoms. The summed E-state index contributed by atoms with van der Waals surface area (Å²) in [6.07, 6.45) is 0. The highest BCUT2D eigenvalue weighted by molar-refractivity contribution is 7.86. The standard InChI is InChI=1S/C14H23NOS/c1-10-6-7-12(11(2)8-10)13(15)9-17(16)14(3,4)5/h6-8,13H,9,15H2,1-5H3. The van der Waals surface area contributed by atoms with Crippen molar-refractivity contribution in [1.82, 2.24) is 0 Å². The summed E-state index contributed by atoms with van der Waals surface area (Å²) in [4.78, 5) is 0. The van der Waals surface area contributed by atoms with Crippen LogP contribution >= 0.6 is 0 Å². The molecule has 96 valence electrons. The molecule has 2 atom stereocenters. The number of hydrogen-bond acceptors (Lipinski definition) is 2. The minimum absolute atomic E-state index is 0.143. The minimum Gasteiger partial charge on any atom is -0.323 e. The van der Waals surface area contributed by atoms with Gasteiger partial charge in [0.15, 0.2) is 0 Å². The van der Waals surface area contributed by atoms with Crippen LogP contribution < -0.4 is 5.73 Å². The Kier molecular flexibility index (Phi) is 4.50. The highest BCUT2D eigenvalue weighted by atomic mass is 32.2. The van der Waals surface area contributed by atoms with Crippen molar-refractivity contribution in [2.45, 2.75) is 45.4 Å². The summed E-state index contributed by atoms with van der Waals surface area (Å²) in [7, 11) is -0.907. The fraction of sp³-hybridized carbons (Fsp3) is 0.571. The largest absolute Gasteiger partial charge is 0.323 e. The van der Waals surface area contributed by atoms with Crippen molar-refractivity contribution in [3.63, 3.8) is 0 Å². The first-order valence-electron chi connectivity index (χ1n) is 5.93. The maximum Gasteiger partial charge on any atom is 0.0433 e. The number of nitrogens with two attached hydrogens (primary N) is 1. The van der Waals surface area contributed by atoms with Gasteiger partial charge in [0.1, 0.15) is 0 Å². The third-order valence-electron chi connectivity index (χ3n) is 2.84. The average Bonchev–Trinajstić information content (AvgIpc) is 2.15. The molecule has 0 amide bonds. The van der Waals surface area contributed by atoms with Crippen LogP contribution in [0.5, 0.6) is 0 Å². The quantitative estimate of drug-likeness (QED) is 0.900. The molecule has 0 aliphatic carbocycles. The maximum atomic E-state index is 12.1. The Morgan fingerprint density at radius 2 is 1.88 bits per heavy atom. The summed E-state index contributed by atoms with van der Waals surface area (Å²) in [6.45, 7) is 10.1. The normalized spacial score (nSPS) is 15.6. The van der Waals surface area contributed by atoms with Crippen LogP contribution in [0, 0.1) is 13.8 Å². The second-order valence-electron chi connectivity index (χ2n) is 5.59. The number of benzene rings is 1. The van der Waals surface area contributed by atoms with Crippen LogP contribution in [0.25, 0.3) is 0 Å². The summed E-state index contributed by atoms with van der Waals surface area (Å²) >= 11 is 0. The molecule has 0 saturated carbocycles. The van der Waals surface area contributed by atoms with Gasteiger partial charge in [-0.15, -0.1) is 0 Å². The van der Waals surface area contributed by atoms with E-state index < -0.39 is 10.8 Å². The van der Waals surface area contributed by atoms with Crippen LogP contribution in [-0.2, 0) is 10.8 Å². The molecule has 0 radical (unpaired) electrons. The van der Waals surface area contributed by atoms with Crippen molar-refractivity contribution < 1.29 is 4.21 Å². The van der Waals surface area contributed by atoms with Crippen LogP contribution in [0.1, 0.15) is 43.5 Å². The van der Waals surface area contributed by atoms with E-state index in [0.29, 0.717) is 5.75 Å². The highest BCUT2D eigenvalue weighted by Crippen LogP contribution is 2.21. The topological polar surface area (TPSA) is 43.1 Å². The third-order valence-corrected chi connectivity index (χ3v) is 4.87. The van der Waals surface area contributed by atoms with E-state index in [2.05, 4.69) is 32.0 Å². The van der Waals surface area contributed by atoms with E-state index in [0.717, 1.165) is 5.56 Å². The SMILES string of the molecule is Cc1ccc(C(N)CS(=O)C(C)(C)C)c(C)c1. The first-order chi connectivity index (χ1) is 7.71. The minimum atomic E-state index is -0.907. The third kappa shape index (κ3) is 3.93. The molecule has 0 aromatic heterocycles. The van der Waals surface area contributed by atoms with Crippen molar-refractivity contribution in [1.29, 1.82) is 0 Å². The molecule has 2 unspecified atom stereocenters. The molecule has 0 saturated heterocycles. The lowest BCUT2D eigenvalue weighted by Crippen LogP contribution is -2.30. The van der Waals surface area contributed by atoms with E-state index in [4.69, 9.17) is 5.73 Å². The number of aryl methyl sites for hydroxylation is 2. The van der Waals surface area contributed by atoms with Crippen LogP contribution in [0.15, 0.2) is 18.2 Å². The molecule has 0 aliphatic rings. The van der Waals surface area contributed by atoms with E-state index >= 15 is 0 Å². The van der Waals surface area contributed by atoms with Crippen molar-refractivity contribution in [2.75, 3.05) is 5.75 Å². The Labute approximate surface area is 107 Å². The van der Waals surface area contributed by atoms with Gasteiger partial charge in [0, 0.05) is 27.3 Å². The number of hydrogen-bond donors (Lipinski definition) is 1. The number of rotatable bonds is 3. The Bertz CT molecular complexity index is 421. The highest BCUT2D eigenvalue weighted by Gasteiger charge is 2.22. The predicted octanol–water partition coefficient (Wildman–Crippen LogP) is 2.85. The van der Waals surface area contributed by atoms with Crippen molar-refractivity contribution in [3.05, 3.63) is 34.9 Å². The van der Waals surface area contributed by atoms with Crippen molar-refractivity contribution in [2.24, 2.45) is 5.73 Å². The zero-order valence-corrected chi connectivity index (χ0v) is 12.2. The van der Waals surface area contributed by atoms with Crippen LogP contribution in [0.3, 0.4) is 0 Å². The lowest BCUT2D eigenvalue weighted by molar-refractivity contribution is 0.640. The molecule has 1 aromatic carbocycles. The maximum absolute atomic E-state index is 12.1. The summed E-state index contributed by atoms with van der Waals surface area (Å²) in [5.41, 5.74) is 9.67. The van der Waals surface area contributed by atoms with Gasteiger partial charge in [-0.1, -0.05) is 23.8 Å². The van der Waals surface area contributed by atoms with E-state index in [1.807, 2.05) is 20.8 Å². The Balaban J connectivity index is 2.84. The van der Waals surface area contributed by atoms with Crippen LogP contribution in [-0.4, -0.2) is 14.7 Å². The second kappa shape index (κ2) is 5.32. The molecular formula is C14H23NOS. The molecule has 3 heteroatoms. The molecule has 0 heterocycles. The lowest BCUT2D eigenvalue weighted by Gasteiger charge is -2.22. The molecule has 2 N–H and O–H groups in total. The van der Waals surface area contributed by atoms with Crippen LogP contribution in [0.2, 0.25) is 0 Å². The molecular weight excluding hydrogens is 230 g/mol. The molecule has 0 aliphatic heterocycles.